The summed E-state index contributed by atoms with van der Waals surface area (Å²) in [6, 6.07) is 3.60. The summed E-state index contributed by atoms with van der Waals surface area (Å²) >= 11 is 0. The lowest BCUT2D eigenvalue weighted by atomic mass is 10.1. The van der Waals surface area contributed by atoms with Crippen LogP contribution < -0.4 is 15.5 Å². The van der Waals surface area contributed by atoms with Gasteiger partial charge >= 0.3 is 5.97 Å². The van der Waals surface area contributed by atoms with E-state index in [9.17, 15) is 14.4 Å². The van der Waals surface area contributed by atoms with Gasteiger partial charge in [0.15, 0.2) is 0 Å². The van der Waals surface area contributed by atoms with Crippen LogP contribution in [0.15, 0.2) is 18.2 Å². The number of hydrogen-bond donors (Lipinski definition) is 3. The molecule has 0 fully saturated rings. The Labute approximate surface area is 121 Å². The molecule has 2 atom stereocenters. The summed E-state index contributed by atoms with van der Waals surface area (Å²) in [4.78, 5) is 36.3. The zero-order chi connectivity index (χ0) is 15.7. The minimum absolute atomic E-state index is 0.151. The predicted octanol–water partition coefficient (Wildman–Crippen LogP) is 0.666. The van der Waals surface area contributed by atoms with Gasteiger partial charge in [-0.05, 0) is 32.0 Å². The summed E-state index contributed by atoms with van der Waals surface area (Å²) in [6.45, 7) is 3.17. The van der Waals surface area contributed by atoms with Gasteiger partial charge in [-0.15, -0.1) is 0 Å². The molecular weight excluding hydrogens is 274 g/mol. The highest BCUT2D eigenvalue weighted by atomic mass is 16.4. The fraction of sp³-hybridized carbons (Fsp3) is 0.357. The summed E-state index contributed by atoms with van der Waals surface area (Å²) < 4.78 is 0. The normalized spacial score (nSPS) is 18.5. The molecule has 21 heavy (non-hydrogen) atoms. The van der Waals surface area contributed by atoms with E-state index in [4.69, 9.17) is 5.11 Å². The minimum Gasteiger partial charge on any atom is -0.480 e. The van der Waals surface area contributed by atoms with E-state index in [2.05, 4.69) is 10.6 Å². The van der Waals surface area contributed by atoms with Gasteiger partial charge in [-0.3, -0.25) is 14.4 Å². The van der Waals surface area contributed by atoms with Crippen LogP contribution in [0.5, 0.6) is 0 Å². The van der Waals surface area contributed by atoms with Crippen molar-refractivity contribution in [1.82, 2.24) is 5.32 Å². The monoisotopic (exact) mass is 291 g/mol. The van der Waals surface area contributed by atoms with Gasteiger partial charge in [0.2, 0.25) is 5.91 Å². The third kappa shape index (κ3) is 2.81. The number of aliphatic carboxylic acids is 1. The first kappa shape index (κ1) is 14.8. The summed E-state index contributed by atoms with van der Waals surface area (Å²) in [7, 11) is 1.80. The van der Waals surface area contributed by atoms with Crippen LogP contribution in [0.3, 0.4) is 0 Å². The average molecular weight is 291 g/mol. The lowest BCUT2D eigenvalue weighted by Crippen LogP contribution is -2.44. The van der Waals surface area contributed by atoms with Crippen molar-refractivity contribution in [3.63, 3.8) is 0 Å². The highest BCUT2D eigenvalue weighted by Crippen LogP contribution is 2.31. The lowest BCUT2D eigenvalue weighted by molar-refractivity contribution is -0.138. The Balaban J connectivity index is 2.26. The number of fused-ring (bicyclic) bond motifs is 1. The molecule has 0 spiro atoms. The van der Waals surface area contributed by atoms with Gasteiger partial charge in [-0.25, -0.2) is 0 Å². The molecule has 2 unspecified atom stereocenters. The topological polar surface area (TPSA) is 98.7 Å². The summed E-state index contributed by atoms with van der Waals surface area (Å²) in [5, 5.41) is 13.9. The standard InChI is InChI=1S/C14H17N3O4/c1-7(14(20)21)15-13(19)9-4-5-11-10(6-9)16-12(18)8(2)17(11)3/h4-8H,1-3H3,(H,15,19)(H,16,18)(H,20,21). The number of likely N-dealkylation sites (N-methyl/N-ethyl adjacent to an activating group) is 1. The van der Waals surface area contributed by atoms with Gasteiger partial charge in [0.1, 0.15) is 12.1 Å². The van der Waals surface area contributed by atoms with Crippen molar-refractivity contribution in [2.24, 2.45) is 0 Å². The number of rotatable bonds is 3. The second kappa shape index (κ2) is 5.43. The molecule has 0 saturated heterocycles. The van der Waals surface area contributed by atoms with E-state index in [0.717, 1.165) is 5.69 Å². The molecule has 1 heterocycles. The van der Waals surface area contributed by atoms with Crippen molar-refractivity contribution < 1.29 is 19.5 Å². The van der Waals surface area contributed by atoms with Crippen molar-refractivity contribution in [2.45, 2.75) is 25.9 Å². The number of amides is 2. The molecule has 1 aliphatic rings. The fourth-order valence-corrected chi connectivity index (χ4v) is 2.05. The Bertz CT molecular complexity index is 614. The van der Waals surface area contributed by atoms with Crippen molar-refractivity contribution in [2.75, 3.05) is 17.3 Å². The maximum atomic E-state index is 12.0. The quantitative estimate of drug-likeness (QED) is 0.760. The van der Waals surface area contributed by atoms with Crippen LogP contribution in [0.2, 0.25) is 0 Å². The number of nitrogens with zero attached hydrogens (tertiary/aromatic N) is 1. The smallest absolute Gasteiger partial charge is 0.325 e. The number of carbonyl (C=O) groups excluding carboxylic acids is 2. The van der Waals surface area contributed by atoms with Gasteiger partial charge in [-0.1, -0.05) is 0 Å². The Morgan fingerprint density at radius 3 is 2.71 bits per heavy atom. The summed E-state index contributed by atoms with van der Waals surface area (Å²) in [5.74, 6) is -1.76. The highest BCUT2D eigenvalue weighted by molar-refractivity contribution is 6.05. The first-order chi connectivity index (χ1) is 9.81. The second-order valence-corrected chi connectivity index (χ2v) is 5.04. The van der Waals surface area contributed by atoms with E-state index in [1.807, 2.05) is 4.90 Å². The molecule has 2 amide bonds. The number of nitrogens with one attached hydrogen (secondary N) is 2. The van der Waals surface area contributed by atoms with E-state index in [1.54, 1.807) is 32.2 Å². The van der Waals surface area contributed by atoms with Crippen LogP contribution in [0.25, 0.3) is 0 Å². The summed E-state index contributed by atoms with van der Waals surface area (Å²) in [5.41, 5.74) is 1.64. The predicted molar refractivity (Wildman–Crippen MR) is 77.5 cm³/mol. The number of anilines is 2. The van der Waals surface area contributed by atoms with E-state index >= 15 is 0 Å². The Morgan fingerprint density at radius 1 is 1.43 bits per heavy atom. The zero-order valence-corrected chi connectivity index (χ0v) is 12.0. The van der Waals surface area contributed by atoms with Crippen LogP contribution in [0.1, 0.15) is 24.2 Å². The molecule has 0 saturated carbocycles. The van der Waals surface area contributed by atoms with Crippen molar-refractivity contribution in [3.05, 3.63) is 23.8 Å². The highest BCUT2D eigenvalue weighted by Gasteiger charge is 2.27. The number of carboxylic acids is 1. The molecule has 0 aromatic heterocycles. The molecular formula is C14H17N3O4. The molecule has 1 aromatic rings. The van der Waals surface area contributed by atoms with Crippen LogP contribution in [-0.4, -0.2) is 42.0 Å². The maximum absolute atomic E-state index is 12.0. The molecule has 0 radical (unpaired) electrons. The molecule has 2 rings (SSSR count). The molecule has 1 aliphatic heterocycles. The van der Waals surface area contributed by atoms with Gasteiger partial charge in [0.05, 0.1) is 11.4 Å². The van der Waals surface area contributed by atoms with Crippen LogP contribution in [-0.2, 0) is 9.59 Å². The largest absolute Gasteiger partial charge is 0.480 e. The Morgan fingerprint density at radius 2 is 2.10 bits per heavy atom. The van der Waals surface area contributed by atoms with E-state index in [-0.39, 0.29) is 11.9 Å². The SMILES string of the molecule is CC(NC(=O)c1ccc2c(c1)NC(=O)C(C)N2C)C(=O)O. The van der Waals surface area contributed by atoms with E-state index in [0.29, 0.717) is 11.3 Å². The first-order valence-corrected chi connectivity index (χ1v) is 6.52. The molecule has 3 N–H and O–H groups in total. The number of benzene rings is 1. The van der Waals surface area contributed by atoms with Crippen molar-refractivity contribution in [1.29, 1.82) is 0 Å². The van der Waals surface area contributed by atoms with Gasteiger partial charge in [0.25, 0.3) is 5.91 Å². The summed E-state index contributed by atoms with van der Waals surface area (Å²) in [6.07, 6.45) is 0. The maximum Gasteiger partial charge on any atom is 0.325 e. The third-order valence-electron chi connectivity index (χ3n) is 3.58. The molecule has 7 nitrogen and oxygen atoms in total. The first-order valence-electron chi connectivity index (χ1n) is 6.52. The Kier molecular flexibility index (Phi) is 3.84. The average Bonchev–Trinajstić information content (AvgIpc) is 2.44. The van der Waals surface area contributed by atoms with E-state index in [1.165, 1.54) is 6.92 Å². The van der Waals surface area contributed by atoms with Gasteiger partial charge in [0, 0.05) is 12.6 Å². The van der Waals surface area contributed by atoms with Crippen molar-refractivity contribution >= 4 is 29.2 Å². The zero-order valence-electron chi connectivity index (χ0n) is 12.0. The number of carbonyl (C=O) groups is 3. The van der Waals surface area contributed by atoms with Gasteiger partial charge in [-0.2, -0.15) is 0 Å². The number of hydrogen-bond acceptors (Lipinski definition) is 4. The van der Waals surface area contributed by atoms with Crippen LogP contribution in [0, 0.1) is 0 Å². The molecule has 7 heteroatoms. The molecule has 0 bridgehead atoms. The third-order valence-corrected chi connectivity index (χ3v) is 3.58. The second-order valence-electron chi connectivity index (χ2n) is 5.04. The van der Waals surface area contributed by atoms with Gasteiger partial charge < -0.3 is 20.6 Å². The van der Waals surface area contributed by atoms with E-state index < -0.39 is 17.9 Å². The lowest BCUT2D eigenvalue weighted by Gasteiger charge is -2.33. The fourth-order valence-electron chi connectivity index (χ4n) is 2.05. The van der Waals surface area contributed by atoms with Crippen LogP contribution >= 0.6 is 0 Å². The van der Waals surface area contributed by atoms with Crippen LogP contribution in [0.4, 0.5) is 11.4 Å². The minimum atomic E-state index is -1.11. The van der Waals surface area contributed by atoms with Crippen molar-refractivity contribution in [3.8, 4) is 0 Å². The molecule has 1 aromatic carbocycles. The Hall–Kier alpha value is -2.57. The molecule has 0 aliphatic carbocycles. The molecule has 112 valence electrons. The number of carboxylic acid groups (broad SMARTS) is 1.